The molecule has 0 radical (unpaired) electrons. The lowest BCUT2D eigenvalue weighted by molar-refractivity contribution is 0.723. The summed E-state index contributed by atoms with van der Waals surface area (Å²) < 4.78 is 0. The number of hydrogen-bond acceptors (Lipinski definition) is 3. The van der Waals surface area contributed by atoms with Crippen LogP contribution in [0.1, 0.15) is 22.3 Å². The molecule has 2 nitrogen and oxygen atoms in total. The van der Waals surface area contributed by atoms with E-state index in [4.69, 9.17) is 9.97 Å². The number of benzene rings is 9. The first-order valence-corrected chi connectivity index (χ1v) is 22.0. The van der Waals surface area contributed by atoms with E-state index < -0.39 is 5.41 Å². The average molecular weight is 807 g/mol. The van der Waals surface area contributed by atoms with Crippen LogP contribution in [0.4, 0.5) is 0 Å². The Balaban J connectivity index is 0.948. The molecule has 0 saturated carbocycles. The molecule has 2 aliphatic rings. The largest absolute Gasteiger partial charge is 0.228 e. The van der Waals surface area contributed by atoms with Crippen molar-refractivity contribution in [2.45, 2.75) is 15.2 Å². The number of hydrogen-bond donors (Lipinski definition) is 0. The standard InChI is InChI=1S/C59H38N2S/c1-3-13-39(14-4-1)41-23-29-44(30-24-41)54-38-55(61-58(60-54)46-33-27-42(28-34-46)40-15-5-2-6-16-40)45-31-25-43(26-32-45)47-35-36-57-53(37-47)59(52-21-11-12-22-56(52)62-57)50-19-9-7-17-48(50)49-18-8-10-20-51(49)59/h1-38H. The first kappa shape index (κ1) is 36.3. The van der Waals surface area contributed by atoms with Crippen molar-refractivity contribution in [3.8, 4) is 78.4 Å². The van der Waals surface area contributed by atoms with Gasteiger partial charge < -0.3 is 0 Å². The third kappa shape index (κ3) is 5.96. The van der Waals surface area contributed by atoms with E-state index in [1.54, 1.807) is 0 Å². The fourth-order valence-electron chi connectivity index (χ4n) is 9.65. The Kier molecular flexibility index (Phi) is 8.69. The van der Waals surface area contributed by atoms with Crippen molar-refractivity contribution in [1.82, 2.24) is 9.97 Å². The Morgan fingerprint density at radius 3 is 1.21 bits per heavy atom. The SMILES string of the molecule is c1ccc(-c2ccc(-c3cc(-c4ccc(-c5ccc6c(c5)C5(c7ccccc7S6)c6ccccc6-c6ccccc65)cc4)nc(-c4ccc(-c5ccccc5)cc4)n3)cc2)cc1. The van der Waals surface area contributed by atoms with E-state index in [1.807, 2.05) is 17.8 Å². The van der Waals surface area contributed by atoms with Gasteiger partial charge in [0.1, 0.15) is 0 Å². The maximum atomic E-state index is 5.23. The van der Waals surface area contributed by atoms with E-state index in [0.717, 1.165) is 39.2 Å². The third-order valence-corrected chi connectivity index (χ3v) is 13.8. The molecule has 0 unspecified atom stereocenters. The predicted molar refractivity (Wildman–Crippen MR) is 256 cm³/mol. The van der Waals surface area contributed by atoms with Crippen molar-refractivity contribution in [2.24, 2.45) is 0 Å². The van der Waals surface area contributed by atoms with Gasteiger partial charge in [0, 0.05) is 26.5 Å². The van der Waals surface area contributed by atoms with E-state index >= 15 is 0 Å². The van der Waals surface area contributed by atoms with E-state index in [9.17, 15) is 0 Å². The van der Waals surface area contributed by atoms with Gasteiger partial charge in [-0.05, 0) is 91.0 Å². The topological polar surface area (TPSA) is 25.8 Å². The smallest absolute Gasteiger partial charge is 0.160 e. The molecule has 62 heavy (non-hydrogen) atoms. The molecule has 0 saturated heterocycles. The normalized spacial score (nSPS) is 12.9. The Morgan fingerprint density at radius 1 is 0.274 bits per heavy atom. The van der Waals surface area contributed by atoms with Gasteiger partial charge in [-0.15, -0.1) is 0 Å². The highest BCUT2D eigenvalue weighted by Crippen LogP contribution is 2.62. The van der Waals surface area contributed by atoms with Gasteiger partial charge in [-0.1, -0.05) is 218 Å². The van der Waals surface area contributed by atoms with Gasteiger partial charge in [0.05, 0.1) is 16.8 Å². The van der Waals surface area contributed by atoms with Crippen LogP contribution in [0.3, 0.4) is 0 Å². The molecule has 290 valence electrons. The Morgan fingerprint density at radius 2 is 0.661 bits per heavy atom. The van der Waals surface area contributed by atoms with Crippen molar-refractivity contribution in [2.75, 3.05) is 0 Å². The molecule has 2 heterocycles. The van der Waals surface area contributed by atoms with Crippen LogP contribution in [0.15, 0.2) is 240 Å². The molecule has 0 atom stereocenters. The highest BCUT2D eigenvalue weighted by Gasteiger charge is 2.50. The van der Waals surface area contributed by atoms with Gasteiger partial charge in [0.15, 0.2) is 5.82 Å². The van der Waals surface area contributed by atoms with Crippen LogP contribution in [-0.4, -0.2) is 9.97 Å². The molecule has 1 aliphatic heterocycles. The first-order chi connectivity index (χ1) is 30.7. The fourth-order valence-corrected chi connectivity index (χ4v) is 10.8. The van der Waals surface area contributed by atoms with E-state index in [-0.39, 0.29) is 0 Å². The number of nitrogens with zero attached hydrogens (tertiary/aromatic N) is 2. The molecule has 9 aromatic carbocycles. The lowest BCUT2D eigenvalue weighted by Crippen LogP contribution is -2.32. The average Bonchev–Trinajstić information content (AvgIpc) is 3.65. The summed E-state index contributed by atoms with van der Waals surface area (Å²) >= 11 is 1.88. The van der Waals surface area contributed by atoms with Gasteiger partial charge in [0.2, 0.25) is 0 Å². The predicted octanol–water partition coefficient (Wildman–Crippen LogP) is 15.3. The molecule has 0 fully saturated rings. The molecule has 0 amide bonds. The van der Waals surface area contributed by atoms with E-state index in [1.165, 1.54) is 65.4 Å². The van der Waals surface area contributed by atoms with Crippen LogP contribution in [-0.2, 0) is 5.41 Å². The summed E-state index contributed by atoms with van der Waals surface area (Å²) in [4.78, 5) is 13.0. The van der Waals surface area contributed by atoms with Crippen molar-refractivity contribution in [3.05, 3.63) is 253 Å². The summed E-state index contributed by atoms with van der Waals surface area (Å²) in [6.07, 6.45) is 0. The second kappa shape index (κ2) is 14.8. The molecule has 1 spiro atoms. The van der Waals surface area contributed by atoms with Crippen molar-refractivity contribution in [1.29, 1.82) is 0 Å². The summed E-state index contributed by atoms with van der Waals surface area (Å²) in [5.41, 5.74) is 19.5. The van der Waals surface area contributed by atoms with Crippen LogP contribution >= 0.6 is 11.8 Å². The molecule has 0 N–H and O–H groups in total. The zero-order chi connectivity index (χ0) is 41.0. The van der Waals surface area contributed by atoms with Crippen LogP contribution in [0.2, 0.25) is 0 Å². The molecule has 3 heteroatoms. The van der Waals surface area contributed by atoms with Crippen LogP contribution < -0.4 is 0 Å². The minimum atomic E-state index is -0.410. The number of rotatable bonds is 6. The maximum absolute atomic E-state index is 5.23. The van der Waals surface area contributed by atoms with Gasteiger partial charge in [-0.2, -0.15) is 0 Å². The Hall–Kier alpha value is -7.59. The van der Waals surface area contributed by atoms with Gasteiger partial charge in [-0.25, -0.2) is 9.97 Å². The van der Waals surface area contributed by atoms with Crippen molar-refractivity contribution in [3.63, 3.8) is 0 Å². The fraction of sp³-hybridized carbons (Fsp3) is 0.0169. The quantitative estimate of drug-likeness (QED) is 0.167. The number of fused-ring (bicyclic) bond motifs is 9. The zero-order valence-electron chi connectivity index (χ0n) is 33.7. The van der Waals surface area contributed by atoms with Crippen LogP contribution in [0, 0.1) is 0 Å². The Bertz CT molecular complexity index is 3140. The summed E-state index contributed by atoms with van der Waals surface area (Å²) in [5.74, 6) is 0.697. The highest BCUT2D eigenvalue weighted by atomic mass is 32.2. The van der Waals surface area contributed by atoms with E-state index in [0.29, 0.717) is 5.82 Å². The Labute approximate surface area is 366 Å². The summed E-state index contributed by atoms with van der Waals surface area (Å²) in [6.45, 7) is 0. The summed E-state index contributed by atoms with van der Waals surface area (Å²) in [7, 11) is 0. The van der Waals surface area contributed by atoms with Gasteiger partial charge >= 0.3 is 0 Å². The van der Waals surface area contributed by atoms with E-state index in [2.05, 4.69) is 224 Å². The van der Waals surface area contributed by atoms with Crippen LogP contribution in [0.5, 0.6) is 0 Å². The van der Waals surface area contributed by atoms with Crippen LogP contribution in [0.25, 0.3) is 78.4 Å². The minimum absolute atomic E-state index is 0.410. The molecule has 0 bridgehead atoms. The zero-order valence-corrected chi connectivity index (χ0v) is 34.6. The lowest BCUT2D eigenvalue weighted by atomic mass is 9.67. The van der Waals surface area contributed by atoms with Gasteiger partial charge in [0.25, 0.3) is 0 Å². The minimum Gasteiger partial charge on any atom is -0.228 e. The monoisotopic (exact) mass is 806 g/mol. The third-order valence-electron chi connectivity index (χ3n) is 12.6. The number of aromatic nitrogens is 2. The maximum Gasteiger partial charge on any atom is 0.160 e. The second-order valence-electron chi connectivity index (χ2n) is 16.1. The van der Waals surface area contributed by atoms with Gasteiger partial charge in [-0.3, -0.25) is 0 Å². The van der Waals surface area contributed by atoms with Crippen molar-refractivity contribution < 1.29 is 0 Å². The molecular weight excluding hydrogens is 769 g/mol. The molecular formula is C59H38N2S. The first-order valence-electron chi connectivity index (χ1n) is 21.1. The summed E-state index contributed by atoms with van der Waals surface area (Å²) in [6, 6.07) is 83.3. The molecule has 1 aliphatic carbocycles. The summed E-state index contributed by atoms with van der Waals surface area (Å²) in [5, 5.41) is 0. The van der Waals surface area contributed by atoms with Crippen molar-refractivity contribution >= 4 is 11.8 Å². The lowest BCUT2D eigenvalue weighted by Gasteiger charge is -2.40. The molecule has 10 aromatic rings. The highest BCUT2D eigenvalue weighted by molar-refractivity contribution is 7.99. The molecule has 12 rings (SSSR count). The second-order valence-corrected chi connectivity index (χ2v) is 17.2. The molecule has 1 aromatic heterocycles.